The van der Waals surface area contributed by atoms with Crippen LogP contribution >= 0.6 is 0 Å². The Kier molecular flexibility index (Phi) is 11.7. The summed E-state index contributed by atoms with van der Waals surface area (Å²) in [6.07, 6.45) is 2.68. The Hall–Kier alpha value is 0. The van der Waals surface area contributed by atoms with Gasteiger partial charge in [-0.3, -0.25) is 0 Å². The van der Waals surface area contributed by atoms with E-state index in [1.54, 1.807) is 0 Å². The summed E-state index contributed by atoms with van der Waals surface area (Å²) in [5, 5.41) is 0. The summed E-state index contributed by atoms with van der Waals surface area (Å²) in [7, 11) is 0. The molecule has 0 bridgehead atoms. The quantitative estimate of drug-likeness (QED) is 0.540. The van der Waals surface area contributed by atoms with Crippen molar-refractivity contribution in [1.82, 2.24) is 0 Å². The predicted octanol–water partition coefficient (Wildman–Crippen LogP) is 6.01. The van der Waals surface area contributed by atoms with Gasteiger partial charge in [0.2, 0.25) is 0 Å². The van der Waals surface area contributed by atoms with Gasteiger partial charge in [0.15, 0.2) is 0 Å². The van der Waals surface area contributed by atoms with Crippen molar-refractivity contribution in [2.75, 3.05) is 0 Å². The molecule has 0 atom stereocenters. The van der Waals surface area contributed by atoms with Crippen molar-refractivity contribution in [3.8, 4) is 0 Å². The maximum atomic E-state index is 2.31. The lowest BCUT2D eigenvalue weighted by atomic mass is 9.88. The molecule has 0 unspecified atom stereocenters. The first-order valence-corrected chi connectivity index (χ1v) is 7.27. The van der Waals surface area contributed by atoms with E-state index in [4.69, 9.17) is 0 Å². The third-order valence-electron chi connectivity index (χ3n) is 4.09. The molecule has 0 radical (unpaired) electrons. The highest BCUT2D eigenvalue weighted by Crippen LogP contribution is 2.18. The fraction of sp³-hybridized carbons (Fsp3) is 1.00. The Balaban J connectivity index is 0. The van der Waals surface area contributed by atoms with Gasteiger partial charge < -0.3 is 0 Å². The first-order valence-electron chi connectivity index (χ1n) is 7.27. The summed E-state index contributed by atoms with van der Waals surface area (Å²) >= 11 is 0. The van der Waals surface area contributed by atoms with Crippen LogP contribution in [0.25, 0.3) is 0 Å². The summed E-state index contributed by atoms with van der Waals surface area (Å²) in [4.78, 5) is 0. The van der Waals surface area contributed by atoms with Crippen molar-refractivity contribution in [1.29, 1.82) is 0 Å². The Labute approximate surface area is 105 Å². The van der Waals surface area contributed by atoms with Crippen molar-refractivity contribution in [3.63, 3.8) is 0 Å². The van der Waals surface area contributed by atoms with Crippen LogP contribution in [0, 0.1) is 29.6 Å². The third kappa shape index (κ3) is 9.24. The minimum Gasteiger partial charge on any atom is -0.0651 e. The van der Waals surface area contributed by atoms with Crippen LogP contribution in [0.2, 0.25) is 0 Å². The Morgan fingerprint density at radius 2 is 0.875 bits per heavy atom. The molecular formula is C16H36. The second-order valence-electron chi connectivity index (χ2n) is 6.17. The molecule has 0 saturated carbocycles. The Bertz CT molecular complexity index is 113. The zero-order valence-electron chi connectivity index (χ0n) is 13.3. The summed E-state index contributed by atoms with van der Waals surface area (Å²) < 4.78 is 0. The van der Waals surface area contributed by atoms with E-state index in [9.17, 15) is 0 Å². The monoisotopic (exact) mass is 228 g/mol. The summed E-state index contributed by atoms with van der Waals surface area (Å²) in [5.74, 6) is 4.39. The summed E-state index contributed by atoms with van der Waals surface area (Å²) in [6.45, 7) is 20.6. The molecule has 0 amide bonds. The molecule has 0 heterocycles. The average molecular weight is 228 g/mol. The van der Waals surface area contributed by atoms with Crippen LogP contribution in [0.1, 0.15) is 75.2 Å². The van der Waals surface area contributed by atoms with E-state index in [-0.39, 0.29) is 0 Å². The minimum atomic E-state index is 0.843. The molecule has 0 aromatic carbocycles. The maximum absolute atomic E-state index is 2.31. The fourth-order valence-electron chi connectivity index (χ4n) is 2.00. The minimum absolute atomic E-state index is 0.843. The van der Waals surface area contributed by atoms with E-state index < -0.39 is 0 Å². The van der Waals surface area contributed by atoms with Crippen LogP contribution in [0.5, 0.6) is 0 Å². The van der Waals surface area contributed by atoms with Gasteiger partial charge in [0, 0.05) is 0 Å². The second-order valence-corrected chi connectivity index (χ2v) is 6.17. The smallest absolute Gasteiger partial charge is 0.0396 e. The van der Waals surface area contributed by atoms with E-state index in [0.29, 0.717) is 0 Å². The topological polar surface area (TPSA) is 0 Å². The molecule has 0 aliphatic carbocycles. The van der Waals surface area contributed by atoms with E-state index in [0.717, 1.165) is 29.6 Å². The van der Waals surface area contributed by atoms with Gasteiger partial charge in [-0.05, 0) is 29.6 Å². The second kappa shape index (κ2) is 10.2. The highest BCUT2D eigenvalue weighted by Gasteiger charge is 2.09. The lowest BCUT2D eigenvalue weighted by molar-refractivity contribution is 0.316. The Morgan fingerprint density at radius 3 is 0.875 bits per heavy atom. The highest BCUT2D eigenvalue weighted by atomic mass is 14.2. The van der Waals surface area contributed by atoms with E-state index >= 15 is 0 Å². The van der Waals surface area contributed by atoms with E-state index in [1.165, 1.54) is 12.8 Å². The first kappa shape index (κ1) is 18.4. The van der Waals surface area contributed by atoms with Gasteiger partial charge in [-0.1, -0.05) is 75.2 Å². The molecule has 0 rings (SSSR count). The molecule has 0 N–H and O–H groups in total. The molecule has 0 aliphatic rings. The van der Waals surface area contributed by atoms with Gasteiger partial charge in [0.05, 0.1) is 0 Å². The van der Waals surface area contributed by atoms with E-state index in [2.05, 4.69) is 62.3 Å². The van der Waals surface area contributed by atoms with Crippen molar-refractivity contribution < 1.29 is 0 Å². The van der Waals surface area contributed by atoms with Gasteiger partial charge >= 0.3 is 0 Å². The summed E-state index contributed by atoms with van der Waals surface area (Å²) in [6, 6.07) is 0. The molecule has 0 aliphatic heterocycles. The van der Waals surface area contributed by atoms with Crippen LogP contribution < -0.4 is 0 Å². The third-order valence-corrected chi connectivity index (χ3v) is 4.09. The molecule has 0 aromatic rings. The summed E-state index contributed by atoms with van der Waals surface area (Å²) in [5.41, 5.74) is 0. The van der Waals surface area contributed by atoms with Gasteiger partial charge in [0.1, 0.15) is 0 Å². The lowest BCUT2D eigenvalue weighted by Gasteiger charge is -2.18. The molecule has 0 spiro atoms. The zero-order chi connectivity index (χ0) is 13.3. The molecular weight excluding hydrogens is 192 g/mol. The molecule has 0 fully saturated rings. The SMILES string of the molecule is CC(C)C(C)C(C)C.CCC(CC)C(C)C. The van der Waals surface area contributed by atoms with Crippen LogP contribution in [0.4, 0.5) is 0 Å². The van der Waals surface area contributed by atoms with Crippen LogP contribution in [0.15, 0.2) is 0 Å². The predicted molar refractivity (Wildman–Crippen MR) is 77.8 cm³/mol. The van der Waals surface area contributed by atoms with E-state index in [1.807, 2.05) is 0 Å². The van der Waals surface area contributed by atoms with Gasteiger partial charge in [-0.15, -0.1) is 0 Å². The standard InChI is InChI=1S/2C8H18/c1-6(2)8(5)7(3)4;1-5-8(6-2)7(3)4/h6-8H,1-5H3;7-8H,5-6H2,1-4H3. The Morgan fingerprint density at radius 1 is 0.562 bits per heavy atom. The normalized spacial score (nSPS) is 11.6. The van der Waals surface area contributed by atoms with Gasteiger partial charge in [-0.2, -0.15) is 0 Å². The lowest BCUT2D eigenvalue weighted by Crippen LogP contribution is -2.10. The van der Waals surface area contributed by atoms with Crippen molar-refractivity contribution in [3.05, 3.63) is 0 Å². The molecule has 100 valence electrons. The molecule has 0 aromatic heterocycles. The fourth-order valence-corrected chi connectivity index (χ4v) is 2.00. The molecule has 16 heavy (non-hydrogen) atoms. The van der Waals surface area contributed by atoms with Gasteiger partial charge in [-0.25, -0.2) is 0 Å². The molecule has 0 nitrogen and oxygen atoms in total. The number of rotatable bonds is 5. The van der Waals surface area contributed by atoms with Gasteiger partial charge in [0.25, 0.3) is 0 Å². The average Bonchev–Trinajstić information content (AvgIpc) is 2.18. The number of hydrogen-bond donors (Lipinski definition) is 0. The van der Waals surface area contributed by atoms with Crippen LogP contribution in [-0.4, -0.2) is 0 Å². The van der Waals surface area contributed by atoms with Crippen LogP contribution in [-0.2, 0) is 0 Å². The highest BCUT2D eigenvalue weighted by molar-refractivity contribution is 4.59. The van der Waals surface area contributed by atoms with Crippen molar-refractivity contribution in [2.24, 2.45) is 29.6 Å². The van der Waals surface area contributed by atoms with Crippen molar-refractivity contribution >= 4 is 0 Å². The maximum Gasteiger partial charge on any atom is -0.0396 e. The molecule has 0 saturated heterocycles. The van der Waals surface area contributed by atoms with Crippen molar-refractivity contribution in [2.45, 2.75) is 75.2 Å². The molecule has 0 heteroatoms. The largest absolute Gasteiger partial charge is 0.0651 e. The first-order chi connectivity index (χ1) is 7.27. The zero-order valence-corrected chi connectivity index (χ0v) is 13.3. The van der Waals surface area contributed by atoms with Crippen LogP contribution in [0.3, 0.4) is 0 Å². The number of hydrogen-bond acceptors (Lipinski definition) is 0.